The second kappa shape index (κ2) is 9.07. The van der Waals surface area contributed by atoms with Gasteiger partial charge < -0.3 is 14.5 Å². The largest absolute Gasteiger partial charge is 0.469 e. The summed E-state index contributed by atoms with van der Waals surface area (Å²) in [4.78, 5) is 12.4. The van der Waals surface area contributed by atoms with Crippen molar-refractivity contribution in [1.29, 1.82) is 0 Å². The molecule has 1 aromatic carbocycles. The molecule has 0 bridgehead atoms. The maximum absolute atomic E-state index is 12.4. The van der Waals surface area contributed by atoms with Crippen LogP contribution in [-0.4, -0.2) is 40.1 Å². The van der Waals surface area contributed by atoms with Crippen molar-refractivity contribution >= 4 is 23.4 Å². The molecule has 3 rings (SSSR count). The molecule has 0 radical (unpaired) electrons. The number of nitrogens with zero attached hydrogens (tertiary/aromatic N) is 3. The highest BCUT2D eigenvalue weighted by atomic mass is 32.2. The average molecular weight is 401 g/mol. The summed E-state index contributed by atoms with van der Waals surface area (Å²) in [5.74, 6) is 1.63. The Kier molecular flexibility index (Phi) is 6.53. The molecule has 3 aromatic rings. The number of benzene rings is 1. The summed E-state index contributed by atoms with van der Waals surface area (Å²) in [6.45, 7) is 7.06. The second-order valence-electron chi connectivity index (χ2n) is 6.48. The van der Waals surface area contributed by atoms with Gasteiger partial charge in [-0.05, 0) is 50.1 Å². The van der Waals surface area contributed by atoms with Crippen LogP contribution in [0.25, 0.3) is 11.4 Å². The Morgan fingerprint density at radius 2 is 2.04 bits per heavy atom. The number of thioether (sulfide) groups is 1. The number of hydrogen-bond acceptors (Lipinski definition) is 6. The first-order valence-corrected chi connectivity index (χ1v) is 9.94. The molecule has 0 fully saturated rings. The fourth-order valence-corrected chi connectivity index (χ4v) is 3.51. The van der Waals surface area contributed by atoms with Crippen molar-refractivity contribution in [1.82, 2.24) is 14.8 Å². The lowest BCUT2D eigenvalue weighted by Gasteiger charge is -2.10. The Bertz CT molecular complexity index is 964. The van der Waals surface area contributed by atoms with Crippen molar-refractivity contribution in [2.45, 2.75) is 32.5 Å². The number of aromatic nitrogens is 3. The highest BCUT2D eigenvalue weighted by molar-refractivity contribution is 7.99. The number of anilines is 1. The van der Waals surface area contributed by atoms with E-state index < -0.39 is 0 Å². The number of aryl methyl sites for hydroxylation is 3. The number of furan rings is 1. The van der Waals surface area contributed by atoms with Crippen LogP contribution in [-0.2, 0) is 16.1 Å². The molecule has 1 N–H and O–H groups in total. The molecule has 2 aromatic heterocycles. The Morgan fingerprint density at radius 3 is 2.71 bits per heavy atom. The van der Waals surface area contributed by atoms with Crippen LogP contribution in [0.1, 0.15) is 16.9 Å². The number of amides is 1. The number of carbonyl (C=O) groups excluding carboxylic acids is 1. The third-order valence-electron chi connectivity index (χ3n) is 4.46. The first kappa shape index (κ1) is 20.2. The molecule has 1 amide bonds. The van der Waals surface area contributed by atoms with E-state index >= 15 is 0 Å². The Labute approximate surface area is 168 Å². The normalized spacial score (nSPS) is 11.0. The number of ether oxygens (including phenoxy) is 1. The molecular formula is C20H24N4O3S. The van der Waals surface area contributed by atoms with Gasteiger partial charge in [-0.15, -0.1) is 10.2 Å². The van der Waals surface area contributed by atoms with Crippen LogP contribution in [0, 0.1) is 20.8 Å². The first-order valence-electron chi connectivity index (χ1n) is 8.96. The van der Waals surface area contributed by atoms with Crippen LogP contribution in [0.15, 0.2) is 40.1 Å². The maximum Gasteiger partial charge on any atom is 0.234 e. The van der Waals surface area contributed by atoms with E-state index in [0.717, 1.165) is 22.6 Å². The summed E-state index contributed by atoms with van der Waals surface area (Å²) in [6.07, 6.45) is 1.63. The lowest BCUT2D eigenvalue weighted by Crippen LogP contribution is -2.15. The maximum atomic E-state index is 12.4. The van der Waals surface area contributed by atoms with Gasteiger partial charge in [0.15, 0.2) is 11.0 Å². The van der Waals surface area contributed by atoms with Crippen molar-refractivity contribution in [3.8, 4) is 11.4 Å². The lowest BCUT2D eigenvalue weighted by atomic mass is 10.1. The monoisotopic (exact) mass is 400 g/mol. The lowest BCUT2D eigenvalue weighted by molar-refractivity contribution is -0.113. The van der Waals surface area contributed by atoms with Gasteiger partial charge in [-0.1, -0.05) is 17.8 Å². The zero-order valence-electron chi connectivity index (χ0n) is 16.5. The summed E-state index contributed by atoms with van der Waals surface area (Å²) >= 11 is 1.35. The Morgan fingerprint density at radius 1 is 1.21 bits per heavy atom. The Balaban J connectivity index is 1.71. The third kappa shape index (κ3) is 4.63. The van der Waals surface area contributed by atoms with Crippen LogP contribution in [0.4, 0.5) is 5.69 Å². The van der Waals surface area contributed by atoms with Gasteiger partial charge in [0.1, 0.15) is 5.76 Å². The van der Waals surface area contributed by atoms with E-state index in [4.69, 9.17) is 9.15 Å². The van der Waals surface area contributed by atoms with Gasteiger partial charge >= 0.3 is 0 Å². The van der Waals surface area contributed by atoms with Crippen LogP contribution in [0.5, 0.6) is 0 Å². The average Bonchev–Trinajstić information content (AvgIpc) is 3.26. The number of methoxy groups -OCH3 is 1. The molecule has 7 nitrogen and oxygen atoms in total. The molecule has 148 valence electrons. The summed E-state index contributed by atoms with van der Waals surface area (Å²) in [5, 5.41) is 12.2. The van der Waals surface area contributed by atoms with Gasteiger partial charge in [-0.25, -0.2) is 0 Å². The smallest absolute Gasteiger partial charge is 0.234 e. The van der Waals surface area contributed by atoms with Crippen LogP contribution < -0.4 is 5.32 Å². The number of rotatable bonds is 8. The molecule has 0 aliphatic rings. The van der Waals surface area contributed by atoms with Crippen LogP contribution in [0.3, 0.4) is 0 Å². The molecule has 0 atom stereocenters. The number of carbonyl (C=O) groups is 1. The van der Waals surface area contributed by atoms with E-state index in [2.05, 4.69) is 15.5 Å². The number of hydrogen-bond donors (Lipinski definition) is 1. The molecular weight excluding hydrogens is 376 g/mol. The van der Waals surface area contributed by atoms with Crippen molar-refractivity contribution in [3.05, 3.63) is 47.4 Å². The van der Waals surface area contributed by atoms with Gasteiger partial charge in [0.25, 0.3) is 0 Å². The molecule has 0 aliphatic carbocycles. The predicted molar refractivity (Wildman–Crippen MR) is 110 cm³/mol. The molecule has 0 unspecified atom stereocenters. The molecule has 0 aliphatic heterocycles. The molecule has 0 spiro atoms. The highest BCUT2D eigenvalue weighted by Crippen LogP contribution is 2.27. The van der Waals surface area contributed by atoms with Gasteiger partial charge in [0.05, 0.1) is 30.7 Å². The van der Waals surface area contributed by atoms with E-state index in [1.54, 1.807) is 13.4 Å². The standard InChI is InChI=1S/C20H24N4O3S/c1-13-5-6-16(11-14(13)2)21-18(25)12-28-20-23-22-19(24(20)8-10-26-4)17-7-9-27-15(17)3/h5-7,9,11H,8,10,12H2,1-4H3,(H,21,25). The van der Waals surface area contributed by atoms with E-state index in [9.17, 15) is 4.79 Å². The topological polar surface area (TPSA) is 82.2 Å². The molecule has 0 saturated heterocycles. The fourth-order valence-electron chi connectivity index (χ4n) is 2.74. The van der Waals surface area contributed by atoms with E-state index in [1.807, 2.05) is 49.6 Å². The van der Waals surface area contributed by atoms with E-state index in [0.29, 0.717) is 24.1 Å². The van der Waals surface area contributed by atoms with Crippen molar-refractivity contribution in [3.63, 3.8) is 0 Å². The van der Waals surface area contributed by atoms with Gasteiger partial charge in [-0.2, -0.15) is 0 Å². The third-order valence-corrected chi connectivity index (χ3v) is 5.43. The summed E-state index contributed by atoms with van der Waals surface area (Å²) in [7, 11) is 1.65. The zero-order chi connectivity index (χ0) is 20.1. The summed E-state index contributed by atoms with van der Waals surface area (Å²) in [6, 6.07) is 7.74. The zero-order valence-corrected chi connectivity index (χ0v) is 17.3. The van der Waals surface area contributed by atoms with Gasteiger partial charge in [-0.3, -0.25) is 9.36 Å². The fraction of sp³-hybridized carbons (Fsp3) is 0.350. The quantitative estimate of drug-likeness (QED) is 0.579. The van der Waals surface area contributed by atoms with Gasteiger partial charge in [0, 0.05) is 12.8 Å². The predicted octanol–water partition coefficient (Wildman–Crippen LogP) is 3.84. The molecule has 28 heavy (non-hydrogen) atoms. The summed E-state index contributed by atoms with van der Waals surface area (Å²) in [5.41, 5.74) is 4.02. The molecule has 8 heteroatoms. The summed E-state index contributed by atoms with van der Waals surface area (Å²) < 4.78 is 12.6. The van der Waals surface area contributed by atoms with Crippen LogP contribution >= 0.6 is 11.8 Å². The van der Waals surface area contributed by atoms with E-state index in [1.165, 1.54) is 17.3 Å². The van der Waals surface area contributed by atoms with Crippen molar-refractivity contribution in [2.24, 2.45) is 0 Å². The van der Waals surface area contributed by atoms with Crippen molar-refractivity contribution in [2.75, 3.05) is 24.8 Å². The van der Waals surface area contributed by atoms with Crippen LogP contribution in [0.2, 0.25) is 0 Å². The van der Waals surface area contributed by atoms with Crippen molar-refractivity contribution < 1.29 is 13.9 Å². The number of nitrogens with one attached hydrogen (secondary N) is 1. The second-order valence-corrected chi connectivity index (χ2v) is 7.42. The van der Waals surface area contributed by atoms with E-state index in [-0.39, 0.29) is 11.7 Å². The SMILES string of the molecule is COCCn1c(SCC(=O)Nc2ccc(C)c(C)c2)nnc1-c1ccoc1C. The first-order chi connectivity index (χ1) is 13.5. The highest BCUT2D eigenvalue weighted by Gasteiger charge is 2.18. The molecule has 2 heterocycles. The minimum absolute atomic E-state index is 0.0874. The Hall–Kier alpha value is -2.58. The van der Waals surface area contributed by atoms with Gasteiger partial charge in [0.2, 0.25) is 5.91 Å². The molecule has 0 saturated carbocycles. The minimum atomic E-state index is -0.0874. The minimum Gasteiger partial charge on any atom is -0.469 e.